The molecule has 11 heteroatoms. The van der Waals surface area contributed by atoms with Gasteiger partial charge in [0.05, 0.1) is 18.8 Å². The molecule has 2 N–H and O–H groups in total. The fraction of sp³-hybridized carbons (Fsp3) is 0.588. The van der Waals surface area contributed by atoms with Crippen molar-refractivity contribution < 1.29 is 21.9 Å². The quantitative estimate of drug-likeness (QED) is 0.345. The van der Waals surface area contributed by atoms with E-state index in [1.54, 1.807) is 11.8 Å². The molecule has 0 aromatic heterocycles. The van der Waals surface area contributed by atoms with Crippen molar-refractivity contribution in [2.75, 3.05) is 56.6 Å². The number of hydrogen-bond acceptors (Lipinski definition) is 5. The summed E-state index contributed by atoms with van der Waals surface area (Å²) in [6.45, 7) is 4.18. The number of rotatable bonds is 9. The van der Waals surface area contributed by atoms with E-state index in [1.165, 1.54) is 10.4 Å². The lowest BCUT2D eigenvalue weighted by atomic mass is 10.3. The number of thioether (sulfide) groups is 1. The number of benzene rings is 1. The highest BCUT2D eigenvalue weighted by Gasteiger charge is 2.23. The number of hydrogen-bond donors (Lipinski definition) is 2. The van der Waals surface area contributed by atoms with Crippen LogP contribution in [0.2, 0.25) is 0 Å². The fourth-order valence-electron chi connectivity index (χ4n) is 2.49. The van der Waals surface area contributed by atoms with Crippen LogP contribution in [-0.4, -0.2) is 75.3 Å². The van der Waals surface area contributed by atoms with Crippen molar-refractivity contribution in [3.63, 3.8) is 0 Å². The minimum Gasteiger partial charge on any atom is -0.489 e. The molecule has 1 fully saturated rings. The molecule has 1 heterocycles. The lowest BCUT2D eigenvalue weighted by Crippen LogP contribution is -2.41. The van der Waals surface area contributed by atoms with Crippen LogP contribution in [-0.2, 0) is 10.0 Å². The first-order valence-corrected chi connectivity index (χ1v) is 11.8. The van der Waals surface area contributed by atoms with E-state index >= 15 is 0 Å². The molecule has 158 valence electrons. The zero-order valence-electron chi connectivity index (χ0n) is 15.8. The molecule has 0 bridgehead atoms. The maximum atomic E-state index is 13.5. The van der Waals surface area contributed by atoms with Crippen LogP contribution in [0.15, 0.2) is 23.2 Å². The van der Waals surface area contributed by atoms with Crippen LogP contribution in [0.4, 0.5) is 8.78 Å². The van der Waals surface area contributed by atoms with Crippen molar-refractivity contribution in [2.24, 2.45) is 4.99 Å². The molecule has 2 rings (SSSR count). The summed E-state index contributed by atoms with van der Waals surface area (Å²) < 4.78 is 57.8. The van der Waals surface area contributed by atoms with E-state index in [4.69, 9.17) is 4.74 Å². The Balaban J connectivity index is 1.78. The molecule has 7 nitrogen and oxygen atoms in total. The highest BCUT2D eigenvalue weighted by Crippen LogP contribution is 2.17. The van der Waals surface area contributed by atoms with Crippen molar-refractivity contribution in [1.29, 1.82) is 0 Å². The summed E-state index contributed by atoms with van der Waals surface area (Å²) in [5, 5.41) is 6.01. The minimum atomic E-state index is -3.30. The molecule has 28 heavy (non-hydrogen) atoms. The molecule has 0 atom stereocenters. The van der Waals surface area contributed by atoms with Crippen LogP contribution < -0.4 is 15.4 Å². The third-order valence-electron chi connectivity index (χ3n) is 3.87. The summed E-state index contributed by atoms with van der Waals surface area (Å²) in [4.78, 5) is 4.27. The monoisotopic (exact) mass is 436 g/mol. The molecule has 0 saturated carbocycles. The van der Waals surface area contributed by atoms with E-state index in [-0.39, 0.29) is 24.7 Å². The zero-order chi connectivity index (χ0) is 20.4. The molecular weight excluding hydrogens is 410 g/mol. The summed E-state index contributed by atoms with van der Waals surface area (Å²) in [6.07, 6.45) is 0. The molecule has 1 aromatic carbocycles. The third-order valence-corrected chi connectivity index (χ3v) is 6.67. The lowest BCUT2D eigenvalue weighted by molar-refractivity contribution is 0.304. The van der Waals surface area contributed by atoms with Gasteiger partial charge in [-0.2, -0.15) is 11.8 Å². The van der Waals surface area contributed by atoms with Gasteiger partial charge in [-0.25, -0.2) is 21.5 Å². The standard InChI is InChI=1S/C17H26F2N4O3S2/c1-2-20-17(21-5-9-26-16-4-3-14(18)13-15(16)19)22-6-12-28(24,25)23-7-10-27-11-8-23/h3-4,13H,2,5-12H2,1H3,(H2,20,21,22). The number of nitrogens with zero attached hydrogens (tertiary/aromatic N) is 2. The number of ether oxygens (including phenoxy) is 1. The van der Waals surface area contributed by atoms with Crippen LogP contribution in [0.25, 0.3) is 0 Å². The Labute approximate surface area is 169 Å². The molecule has 0 aliphatic carbocycles. The average molecular weight is 437 g/mol. The summed E-state index contributed by atoms with van der Waals surface area (Å²) in [7, 11) is -3.30. The van der Waals surface area contributed by atoms with Gasteiger partial charge < -0.3 is 15.4 Å². The Kier molecular flexibility index (Phi) is 9.26. The molecule has 0 radical (unpaired) electrons. The van der Waals surface area contributed by atoms with Crippen molar-refractivity contribution in [1.82, 2.24) is 14.9 Å². The Morgan fingerprint density at radius 2 is 2.04 bits per heavy atom. The van der Waals surface area contributed by atoms with E-state index in [2.05, 4.69) is 15.6 Å². The first kappa shape index (κ1) is 22.7. The van der Waals surface area contributed by atoms with E-state index in [0.717, 1.165) is 23.6 Å². The molecule has 1 aromatic rings. The van der Waals surface area contributed by atoms with E-state index in [0.29, 0.717) is 32.1 Å². The van der Waals surface area contributed by atoms with E-state index < -0.39 is 21.7 Å². The Hall–Kier alpha value is -1.59. The van der Waals surface area contributed by atoms with Crippen LogP contribution >= 0.6 is 11.8 Å². The molecule has 1 aliphatic rings. The Bertz CT molecular complexity index is 757. The summed E-state index contributed by atoms with van der Waals surface area (Å²) in [5.74, 6) is 0.588. The van der Waals surface area contributed by atoms with Gasteiger partial charge in [-0.3, -0.25) is 4.99 Å². The Morgan fingerprint density at radius 3 is 2.71 bits per heavy atom. The number of halogens is 2. The van der Waals surface area contributed by atoms with Crippen molar-refractivity contribution in [3.05, 3.63) is 29.8 Å². The molecule has 0 spiro atoms. The second-order valence-electron chi connectivity index (χ2n) is 5.94. The second kappa shape index (κ2) is 11.4. The molecule has 1 saturated heterocycles. The van der Waals surface area contributed by atoms with Crippen LogP contribution in [0, 0.1) is 11.6 Å². The van der Waals surface area contributed by atoms with Gasteiger partial charge in [0.1, 0.15) is 12.4 Å². The van der Waals surface area contributed by atoms with Crippen molar-refractivity contribution in [2.45, 2.75) is 6.92 Å². The Morgan fingerprint density at radius 1 is 1.29 bits per heavy atom. The van der Waals surface area contributed by atoms with Gasteiger partial charge >= 0.3 is 0 Å². The van der Waals surface area contributed by atoms with Gasteiger partial charge in [0.15, 0.2) is 17.5 Å². The summed E-state index contributed by atoms with van der Waals surface area (Å²) in [5.41, 5.74) is 0. The maximum absolute atomic E-state index is 13.5. The fourth-order valence-corrected chi connectivity index (χ4v) is 4.94. The van der Waals surface area contributed by atoms with Gasteiger partial charge in [0.2, 0.25) is 10.0 Å². The molecule has 0 unspecified atom stereocenters. The van der Waals surface area contributed by atoms with Gasteiger partial charge in [-0.1, -0.05) is 0 Å². The first-order chi connectivity index (χ1) is 13.4. The van der Waals surface area contributed by atoms with E-state index in [9.17, 15) is 17.2 Å². The third kappa shape index (κ3) is 7.44. The topological polar surface area (TPSA) is 83.0 Å². The van der Waals surface area contributed by atoms with Gasteiger partial charge in [-0.05, 0) is 19.1 Å². The summed E-state index contributed by atoms with van der Waals surface area (Å²) in [6, 6.07) is 3.11. The predicted molar refractivity (Wildman–Crippen MR) is 109 cm³/mol. The number of aliphatic imine (C=N–C) groups is 1. The van der Waals surface area contributed by atoms with Crippen LogP contribution in [0.3, 0.4) is 0 Å². The van der Waals surface area contributed by atoms with Crippen molar-refractivity contribution >= 4 is 27.7 Å². The van der Waals surface area contributed by atoms with E-state index in [1.807, 2.05) is 6.92 Å². The molecule has 0 amide bonds. The van der Waals surface area contributed by atoms with Crippen LogP contribution in [0.5, 0.6) is 5.75 Å². The second-order valence-corrected chi connectivity index (χ2v) is 9.25. The lowest BCUT2D eigenvalue weighted by Gasteiger charge is -2.25. The average Bonchev–Trinajstić information content (AvgIpc) is 2.67. The largest absolute Gasteiger partial charge is 0.489 e. The normalized spacial score (nSPS) is 16.0. The highest BCUT2D eigenvalue weighted by molar-refractivity contribution is 7.99. The SMILES string of the molecule is CCNC(=NCCS(=O)(=O)N1CCSCC1)NCCOc1ccc(F)cc1F. The number of sulfonamides is 1. The first-order valence-electron chi connectivity index (χ1n) is 9.08. The summed E-state index contributed by atoms with van der Waals surface area (Å²) >= 11 is 1.75. The van der Waals surface area contributed by atoms with Gasteiger partial charge in [0.25, 0.3) is 0 Å². The number of guanidine groups is 1. The smallest absolute Gasteiger partial charge is 0.215 e. The van der Waals surface area contributed by atoms with Gasteiger partial charge in [-0.15, -0.1) is 0 Å². The van der Waals surface area contributed by atoms with Crippen molar-refractivity contribution in [3.8, 4) is 5.75 Å². The minimum absolute atomic E-state index is 0.0315. The highest BCUT2D eigenvalue weighted by atomic mass is 32.2. The molecular formula is C17H26F2N4O3S2. The van der Waals surface area contributed by atoms with Gasteiger partial charge in [0, 0.05) is 37.2 Å². The number of nitrogens with one attached hydrogen (secondary N) is 2. The predicted octanol–water partition coefficient (Wildman–Crippen LogP) is 1.28. The zero-order valence-corrected chi connectivity index (χ0v) is 17.4. The molecule has 1 aliphatic heterocycles. The van der Waals surface area contributed by atoms with Crippen LogP contribution in [0.1, 0.15) is 6.92 Å². The maximum Gasteiger partial charge on any atom is 0.215 e.